The third kappa shape index (κ3) is 5.33. The van der Waals surface area contributed by atoms with Gasteiger partial charge in [0.15, 0.2) is 35.0 Å². The van der Waals surface area contributed by atoms with E-state index in [4.69, 9.17) is 34.3 Å². The second kappa shape index (κ2) is 11.0. The number of ether oxygens (including phenoxy) is 1. The molecule has 4 aromatic heterocycles. The van der Waals surface area contributed by atoms with E-state index in [9.17, 15) is 13.9 Å². The number of nitrogen functional groups attached to an aromatic ring is 2. The quantitative estimate of drug-likeness (QED) is 0.149. The first-order chi connectivity index (χ1) is 20.9. The second-order valence-corrected chi connectivity index (χ2v) is 16.3. The Kier molecular flexibility index (Phi) is 7.53. The average molecular weight is 691 g/mol. The van der Waals surface area contributed by atoms with Crippen LogP contribution in [0, 0.1) is 11.8 Å². The predicted octanol–water partition coefficient (Wildman–Crippen LogP) is 2.06. The van der Waals surface area contributed by atoms with Crippen LogP contribution in [0.5, 0.6) is 0 Å². The van der Waals surface area contributed by atoms with Gasteiger partial charge in [-0.25, -0.2) is 33.5 Å². The Hall–Kier alpha value is -2.61. The first kappa shape index (κ1) is 30.1. The Morgan fingerprint density at radius 3 is 2.50 bits per heavy atom. The molecule has 0 amide bonds. The summed E-state index contributed by atoms with van der Waals surface area (Å²) in [5, 5.41) is 0. The monoisotopic (exact) mass is 690 g/mol. The molecule has 44 heavy (non-hydrogen) atoms. The van der Waals surface area contributed by atoms with Crippen LogP contribution in [-0.2, 0) is 32.0 Å². The fourth-order valence-electron chi connectivity index (χ4n) is 5.72. The van der Waals surface area contributed by atoms with Gasteiger partial charge in [0.2, 0.25) is 5.95 Å². The Morgan fingerprint density at radius 2 is 1.68 bits per heavy atom. The van der Waals surface area contributed by atoms with Crippen molar-refractivity contribution in [1.82, 2.24) is 39.0 Å². The molecule has 9 atom stereocenters. The maximum absolute atomic E-state index is 16.0. The molecule has 6 heterocycles. The number of anilines is 2. The van der Waals surface area contributed by atoms with Gasteiger partial charge in [0, 0.05) is 12.0 Å². The van der Waals surface area contributed by atoms with Crippen LogP contribution in [0.1, 0.15) is 18.7 Å². The summed E-state index contributed by atoms with van der Waals surface area (Å²) in [5.74, 6) is -0.735. The number of hydrogen-bond acceptors (Lipinski definition) is 15. The van der Waals surface area contributed by atoms with Crippen molar-refractivity contribution in [3.05, 3.63) is 29.3 Å². The van der Waals surface area contributed by atoms with Crippen molar-refractivity contribution in [3.8, 4) is 0 Å². The molecule has 2 saturated heterocycles. The highest BCUT2D eigenvalue weighted by Crippen LogP contribution is 2.60. The number of imidazole rings is 2. The SMILES string of the molecule is Nc1nc2c(ncn2[C@@H]2C[C@@H]3CO[P@](=O)(S)O[C@H]4[C@@H](F)[C@H](n5cnc6c(N)ncnc65)O[C@@H]4CO[P@@](=O)(S)OC[C@H]32)c(=O)[nH]1. The van der Waals surface area contributed by atoms with Gasteiger partial charge < -0.3 is 29.8 Å². The smallest absolute Gasteiger partial charge is 0.382 e. The van der Waals surface area contributed by atoms with Crippen LogP contribution < -0.4 is 17.0 Å². The highest BCUT2D eigenvalue weighted by Gasteiger charge is 2.52. The molecular formula is C21H25FN10O8P2S2. The van der Waals surface area contributed by atoms with E-state index in [0.717, 1.165) is 0 Å². The summed E-state index contributed by atoms with van der Waals surface area (Å²) in [7, 11) is 0. The Balaban J connectivity index is 1.14. The topological polar surface area (TPSA) is 239 Å². The Bertz CT molecular complexity index is 1910. The number of aromatic amines is 1. The fraction of sp³-hybridized carbons (Fsp3) is 0.524. The number of fused-ring (bicyclic) bond motifs is 4. The van der Waals surface area contributed by atoms with E-state index in [2.05, 4.69) is 54.4 Å². The predicted molar refractivity (Wildman–Crippen MR) is 158 cm³/mol. The number of aromatic nitrogens is 8. The Labute approximate surface area is 256 Å². The van der Waals surface area contributed by atoms with E-state index in [-0.39, 0.29) is 59.3 Å². The van der Waals surface area contributed by atoms with Gasteiger partial charge in [-0.2, -0.15) is 4.98 Å². The van der Waals surface area contributed by atoms with Crippen molar-refractivity contribution < 1.29 is 36.4 Å². The van der Waals surface area contributed by atoms with Gasteiger partial charge in [-0.15, -0.1) is 0 Å². The third-order valence-electron chi connectivity index (χ3n) is 7.92. The Morgan fingerprint density at radius 1 is 0.955 bits per heavy atom. The number of thiol groups is 2. The molecule has 7 rings (SSSR count). The normalized spacial score (nSPS) is 36.6. The molecule has 0 unspecified atom stereocenters. The second-order valence-electron chi connectivity index (χ2n) is 10.5. The zero-order valence-corrected chi connectivity index (χ0v) is 25.9. The maximum Gasteiger partial charge on any atom is 0.386 e. The van der Waals surface area contributed by atoms with E-state index in [1.807, 2.05) is 0 Å². The lowest BCUT2D eigenvalue weighted by Gasteiger charge is -2.45. The first-order valence-electron chi connectivity index (χ1n) is 13.1. The largest absolute Gasteiger partial charge is 0.386 e. The molecule has 1 aliphatic carbocycles. The van der Waals surface area contributed by atoms with Crippen LogP contribution in [-0.4, -0.2) is 77.2 Å². The molecular weight excluding hydrogens is 665 g/mol. The first-order valence-corrected chi connectivity index (χ1v) is 18.5. The molecule has 18 nitrogen and oxygen atoms in total. The van der Waals surface area contributed by atoms with Crippen LogP contribution in [0.2, 0.25) is 0 Å². The number of halogens is 1. The molecule has 0 aromatic carbocycles. The van der Waals surface area contributed by atoms with Gasteiger partial charge in [-0.05, 0) is 12.3 Å². The average Bonchev–Trinajstić information content (AvgIpc) is 3.63. The number of hydrogen-bond donors (Lipinski definition) is 5. The molecule has 3 fully saturated rings. The lowest BCUT2D eigenvalue weighted by Crippen LogP contribution is -2.43. The number of nitrogens with one attached hydrogen (secondary N) is 1. The summed E-state index contributed by atoms with van der Waals surface area (Å²) in [6.45, 7) is -9.02. The zero-order chi connectivity index (χ0) is 31.0. The van der Waals surface area contributed by atoms with Crippen LogP contribution in [0.15, 0.2) is 23.8 Å². The summed E-state index contributed by atoms with van der Waals surface area (Å²) in [6.07, 6.45) is -1.78. The summed E-state index contributed by atoms with van der Waals surface area (Å²) < 4.78 is 73.8. The highest BCUT2D eigenvalue weighted by atomic mass is 32.7. The third-order valence-corrected chi connectivity index (χ3v) is 11.2. The fourth-order valence-corrected chi connectivity index (χ4v) is 8.41. The van der Waals surface area contributed by atoms with Gasteiger partial charge in [0.05, 0.1) is 32.5 Å². The molecule has 23 heteroatoms. The minimum absolute atomic E-state index is 0.0810. The molecule has 0 bridgehead atoms. The molecule has 236 valence electrons. The number of nitrogens with zero attached hydrogens (tertiary/aromatic N) is 7. The summed E-state index contributed by atoms with van der Waals surface area (Å²) in [6, 6.07) is -0.345. The minimum atomic E-state index is -4.19. The number of alkyl halides is 1. The van der Waals surface area contributed by atoms with E-state index in [1.54, 1.807) is 4.57 Å². The molecule has 4 aromatic rings. The van der Waals surface area contributed by atoms with Gasteiger partial charge in [0.1, 0.15) is 24.1 Å². The summed E-state index contributed by atoms with van der Waals surface area (Å²) >= 11 is 8.20. The van der Waals surface area contributed by atoms with Crippen LogP contribution >= 0.6 is 38.1 Å². The van der Waals surface area contributed by atoms with Crippen molar-refractivity contribution in [1.29, 1.82) is 0 Å². The lowest BCUT2D eigenvalue weighted by atomic mass is 9.70. The zero-order valence-electron chi connectivity index (χ0n) is 22.3. The van der Waals surface area contributed by atoms with Crippen LogP contribution in [0.4, 0.5) is 16.2 Å². The van der Waals surface area contributed by atoms with Gasteiger partial charge >= 0.3 is 13.6 Å². The molecule has 0 radical (unpaired) electrons. The lowest BCUT2D eigenvalue weighted by molar-refractivity contribution is -0.0408. The number of nitrogens with two attached hydrogens (primary N) is 2. The standard InChI is InChI=1S/C21H25FN10O8P2S2/c22-12-15-11(39-20(12)32-7-27-13-16(23)25-5-26-17(13)32)4-38-41(34,43)37-3-9-8(2-36-42(35,44)40-15)1-10(9)31-6-28-14-18(31)29-21(24)30-19(14)33/h5-12,15,20H,1-4H2,(H,34,43)(H,35,44)(H2,23,25,26)(H3,24,29,30,33)/t8-,9-,10-,11-,12-,15-,20-,41+,42+/m1/s1. The van der Waals surface area contributed by atoms with E-state index in [1.165, 1.54) is 23.5 Å². The molecule has 2 aliphatic heterocycles. The van der Waals surface area contributed by atoms with Crippen molar-refractivity contribution in [2.75, 3.05) is 31.3 Å². The van der Waals surface area contributed by atoms with E-state index in [0.29, 0.717) is 6.42 Å². The summed E-state index contributed by atoms with van der Waals surface area (Å²) in [5.41, 5.74) is 11.8. The summed E-state index contributed by atoms with van der Waals surface area (Å²) in [4.78, 5) is 35.1. The highest BCUT2D eigenvalue weighted by molar-refractivity contribution is 8.44. The minimum Gasteiger partial charge on any atom is -0.382 e. The van der Waals surface area contributed by atoms with Crippen molar-refractivity contribution >= 4 is 72.2 Å². The molecule has 0 spiro atoms. The van der Waals surface area contributed by atoms with Gasteiger partial charge in [0.25, 0.3) is 5.56 Å². The molecule has 3 aliphatic rings. The van der Waals surface area contributed by atoms with E-state index < -0.39 is 56.3 Å². The van der Waals surface area contributed by atoms with Crippen molar-refractivity contribution in [2.45, 2.75) is 37.1 Å². The van der Waals surface area contributed by atoms with Gasteiger partial charge in [-0.1, -0.05) is 24.5 Å². The van der Waals surface area contributed by atoms with Crippen molar-refractivity contribution in [3.63, 3.8) is 0 Å². The molecule has 5 N–H and O–H groups in total. The maximum atomic E-state index is 16.0. The van der Waals surface area contributed by atoms with Gasteiger partial charge in [-0.3, -0.25) is 23.4 Å². The molecule has 1 saturated carbocycles. The van der Waals surface area contributed by atoms with Crippen molar-refractivity contribution in [2.24, 2.45) is 11.8 Å². The van der Waals surface area contributed by atoms with Crippen LogP contribution in [0.25, 0.3) is 22.3 Å². The number of H-pyrrole nitrogens is 1. The van der Waals surface area contributed by atoms with E-state index >= 15 is 4.39 Å². The van der Waals surface area contributed by atoms with Crippen LogP contribution in [0.3, 0.4) is 0 Å². The number of rotatable bonds is 2.